The van der Waals surface area contributed by atoms with Crippen LogP contribution in [0, 0.1) is 24.1 Å². The summed E-state index contributed by atoms with van der Waals surface area (Å²) in [7, 11) is 1.44. The lowest BCUT2D eigenvalue weighted by atomic mass is 10.2. The number of likely N-dealkylation sites (N-methyl/N-ethyl adjacent to an activating group) is 1. The molecule has 8 heteroatoms. The van der Waals surface area contributed by atoms with E-state index in [1.807, 2.05) is 19.1 Å². The Morgan fingerprint density at radius 1 is 1.19 bits per heavy atom. The van der Waals surface area contributed by atoms with Crippen LogP contribution in [0.1, 0.15) is 11.1 Å². The molecule has 0 saturated heterocycles. The van der Waals surface area contributed by atoms with Crippen molar-refractivity contribution >= 4 is 39.2 Å². The van der Waals surface area contributed by atoms with Crippen LogP contribution in [0.3, 0.4) is 0 Å². The van der Waals surface area contributed by atoms with Crippen LogP contribution >= 0.6 is 15.9 Å². The van der Waals surface area contributed by atoms with Crippen molar-refractivity contribution in [3.8, 4) is 6.07 Å². The number of nitrogens with one attached hydrogen (secondary N) is 2. The largest absolute Gasteiger partial charge is 0.324 e. The summed E-state index contributed by atoms with van der Waals surface area (Å²) in [5, 5.41) is 14.2. The van der Waals surface area contributed by atoms with E-state index in [1.165, 1.54) is 13.1 Å². The van der Waals surface area contributed by atoms with E-state index in [2.05, 4.69) is 26.6 Å². The van der Waals surface area contributed by atoms with Crippen LogP contribution in [-0.4, -0.2) is 30.4 Å². The Hall–Kier alpha value is -2.92. The van der Waals surface area contributed by atoms with E-state index in [-0.39, 0.29) is 23.7 Å². The number of anilines is 2. The second-order valence-electron chi connectivity index (χ2n) is 5.60. The number of halogens is 2. The molecule has 134 valence electrons. The van der Waals surface area contributed by atoms with Crippen molar-refractivity contribution in [2.75, 3.05) is 24.2 Å². The van der Waals surface area contributed by atoms with Gasteiger partial charge in [0.2, 0.25) is 5.91 Å². The fourth-order valence-corrected chi connectivity index (χ4v) is 2.65. The molecule has 0 radical (unpaired) electrons. The molecule has 0 fully saturated rings. The number of hydrogen-bond acceptors (Lipinski definition) is 3. The Morgan fingerprint density at radius 3 is 2.54 bits per heavy atom. The minimum atomic E-state index is -0.587. The molecule has 0 aromatic heterocycles. The topological polar surface area (TPSA) is 85.2 Å². The fraction of sp³-hybridized carbons (Fsp3) is 0.167. The third kappa shape index (κ3) is 5.04. The number of urea groups is 1. The van der Waals surface area contributed by atoms with Gasteiger partial charge >= 0.3 is 6.03 Å². The average molecular weight is 419 g/mol. The SMILES string of the molecule is Cc1cc(Br)ccc1NC(=O)CN(C)C(=O)Nc1ccc(F)cc1C#N. The number of nitriles is 1. The van der Waals surface area contributed by atoms with Crippen molar-refractivity contribution in [3.63, 3.8) is 0 Å². The smallest absolute Gasteiger partial charge is 0.322 e. The molecule has 0 spiro atoms. The van der Waals surface area contributed by atoms with Crippen LogP contribution < -0.4 is 10.6 Å². The fourth-order valence-electron chi connectivity index (χ4n) is 2.17. The van der Waals surface area contributed by atoms with E-state index in [0.717, 1.165) is 27.1 Å². The van der Waals surface area contributed by atoms with Gasteiger partial charge < -0.3 is 15.5 Å². The van der Waals surface area contributed by atoms with Crippen LogP contribution in [0.2, 0.25) is 0 Å². The summed E-state index contributed by atoms with van der Waals surface area (Å²) in [6.07, 6.45) is 0. The number of hydrogen-bond donors (Lipinski definition) is 2. The zero-order valence-corrected chi connectivity index (χ0v) is 15.7. The zero-order valence-electron chi connectivity index (χ0n) is 14.1. The number of amides is 3. The lowest BCUT2D eigenvalue weighted by Gasteiger charge is -2.18. The first kappa shape index (κ1) is 19.4. The summed E-state index contributed by atoms with van der Waals surface area (Å²) < 4.78 is 14.0. The van der Waals surface area contributed by atoms with E-state index < -0.39 is 11.8 Å². The molecule has 6 nitrogen and oxygen atoms in total. The van der Waals surface area contributed by atoms with Gasteiger partial charge in [-0.3, -0.25) is 4.79 Å². The van der Waals surface area contributed by atoms with Gasteiger partial charge in [0.05, 0.1) is 11.3 Å². The Labute approximate surface area is 158 Å². The second kappa shape index (κ2) is 8.45. The molecule has 3 amide bonds. The van der Waals surface area contributed by atoms with Crippen LogP contribution in [0.4, 0.5) is 20.6 Å². The van der Waals surface area contributed by atoms with E-state index in [0.29, 0.717) is 5.69 Å². The molecule has 0 atom stereocenters. The van der Waals surface area contributed by atoms with Crippen molar-refractivity contribution in [1.29, 1.82) is 5.26 Å². The molecule has 2 N–H and O–H groups in total. The number of benzene rings is 2. The third-order valence-corrected chi connectivity index (χ3v) is 4.03. The third-order valence-electron chi connectivity index (χ3n) is 3.53. The van der Waals surface area contributed by atoms with Crippen molar-refractivity contribution < 1.29 is 14.0 Å². The quantitative estimate of drug-likeness (QED) is 0.789. The highest BCUT2D eigenvalue weighted by Crippen LogP contribution is 2.20. The van der Waals surface area contributed by atoms with Crippen LogP contribution in [0.25, 0.3) is 0 Å². The first-order chi connectivity index (χ1) is 12.3. The molecule has 2 aromatic carbocycles. The van der Waals surface area contributed by atoms with Crippen LogP contribution in [0.5, 0.6) is 0 Å². The predicted molar refractivity (Wildman–Crippen MR) is 100 cm³/mol. The minimum absolute atomic E-state index is 0.00156. The van der Waals surface area contributed by atoms with Gasteiger partial charge in [0.15, 0.2) is 0 Å². The molecule has 0 saturated carbocycles. The van der Waals surface area contributed by atoms with Gasteiger partial charge in [-0.15, -0.1) is 0 Å². The molecule has 0 aliphatic carbocycles. The average Bonchev–Trinajstić information content (AvgIpc) is 2.58. The lowest BCUT2D eigenvalue weighted by Crippen LogP contribution is -2.37. The lowest BCUT2D eigenvalue weighted by molar-refractivity contribution is -0.116. The van der Waals surface area contributed by atoms with Crippen molar-refractivity contribution in [3.05, 3.63) is 57.8 Å². The standard InChI is InChI=1S/C18H16BrFN4O2/c1-11-7-13(19)3-5-15(11)22-17(25)10-24(2)18(26)23-16-6-4-14(20)8-12(16)9-21/h3-8H,10H2,1-2H3,(H,22,25)(H,23,26). The highest BCUT2D eigenvalue weighted by molar-refractivity contribution is 9.10. The zero-order chi connectivity index (χ0) is 19.3. The van der Waals surface area contributed by atoms with Gasteiger partial charge in [0.1, 0.15) is 18.4 Å². The van der Waals surface area contributed by atoms with Crippen molar-refractivity contribution in [2.45, 2.75) is 6.92 Å². The van der Waals surface area contributed by atoms with Gasteiger partial charge in [-0.25, -0.2) is 9.18 Å². The Morgan fingerprint density at radius 2 is 1.88 bits per heavy atom. The monoisotopic (exact) mass is 418 g/mol. The van der Waals surface area contributed by atoms with Crippen LogP contribution in [-0.2, 0) is 4.79 Å². The molecule has 0 bridgehead atoms. The molecule has 2 aromatic rings. The number of carbonyl (C=O) groups is 2. The van der Waals surface area contributed by atoms with E-state index in [4.69, 9.17) is 5.26 Å². The van der Waals surface area contributed by atoms with Crippen molar-refractivity contribution in [1.82, 2.24) is 4.90 Å². The molecule has 2 rings (SSSR count). The van der Waals surface area contributed by atoms with E-state index in [9.17, 15) is 14.0 Å². The summed E-state index contributed by atoms with van der Waals surface area (Å²) in [6.45, 7) is 1.67. The highest BCUT2D eigenvalue weighted by Gasteiger charge is 2.15. The molecule has 0 unspecified atom stereocenters. The van der Waals surface area contributed by atoms with E-state index in [1.54, 1.807) is 12.1 Å². The molecule has 0 aliphatic heterocycles. The Kier molecular flexibility index (Phi) is 6.31. The first-order valence-electron chi connectivity index (χ1n) is 7.58. The van der Waals surface area contributed by atoms with Gasteiger partial charge in [-0.2, -0.15) is 5.26 Å². The molecule has 26 heavy (non-hydrogen) atoms. The normalized spacial score (nSPS) is 9.96. The number of aryl methyl sites for hydroxylation is 1. The number of rotatable bonds is 4. The minimum Gasteiger partial charge on any atom is -0.324 e. The maximum absolute atomic E-state index is 13.1. The maximum atomic E-state index is 13.1. The number of nitrogens with zero attached hydrogens (tertiary/aromatic N) is 2. The van der Waals surface area contributed by atoms with Gasteiger partial charge in [-0.1, -0.05) is 15.9 Å². The van der Waals surface area contributed by atoms with Gasteiger partial charge in [0, 0.05) is 17.2 Å². The van der Waals surface area contributed by atoms with Crippen LogP contribution in [0.15, 0.2) is 40.9 Å². The Bertz CT molecular complexity index is 895. The van der Waals surface area contributed by atoms with E-state index >= 15 is 0 Å². The molecular formula is C18H16BrFN4O2. The summed E-state index contributed by atoms with van der Waals surface area (Å²) in [5.74, 6) is -0.940. The predicted octanol–water partition coefficient (Wildman–Crippen LogP) is 3.87. The summed E-state index contributed by atoms with van der Waals surface area (Å²) in [4.78, 5) is 25.5. The summed E-state index contributed by atoms with van der Waals surface area (Å²) in [5.41, 5.74) is 1.71. The first-order valence-corrected chi connectivity index (χ1v) is 8.37. The highest BCUT2D eigenvalue weighted by atomic mass is 79.9. The van der Waals surface area contributed by atoms with Gasteiger partial charge in [-0.05, 0) is 48.9 Å². The summed E-state index contributed by atoms with van der Waals surface area (Å²) >= 11 is 3.35. The molecular weight excluding hydrogens is 403 g/mol. The Balaban J connectivity index is 1.98. The van der Waals surface area contributed by atoms with Crippen molar-refractivity contribution in [2.24, 2.45) is 0 Å². The molecule has 0 heterocycles. The van der Waals surface area contributed by atoms with Gasteiger partial charge in [0.25, 0.3) is 0 Å². The number of carbonyl (C=O) groups excluding carboxylic acids is 2. The molecule has 0 aliphatic rings. The second-order valence-corrected chi connectivity index (χ2v) is 6.51. The summed E-state index contributed by atoms with van der Waals surface area (Å²) in [6, 6.07) is 10.1. The maximum Gasteiger partial charge on any atom is 0.322 e.